The summed E-state index contributed by atoms with van der Waals surface area (Å²) in [5, 5.41) is 2.91. The summed E-state index contributed by atoms with van der Waals surface area (Å²) in [6.07, 6.45) is 1.64. The number of benzene rings is 1. The number of nitrogens with two attached hydrogens (primary N) is 1. The van der Waals surface area contributed by atoms with Gasteiger partial charge in [-0.1, -0.05) is 45.4 Å². The van der Waals surface area contributed by atoms with E-state index in [-0.39, 0.29) is 5.91 Å². The van der Waals surface area contributed by atoms with E-state index in [4.69, 9.17) is 5.73 Å². The van der Waals surface area contributed by atoms with Crippen LogP contribution in [0.2, 0.25) is 0 Å². The minimum absolute atomic E-state index is 0.0973. The largest absolute Gasteiger partial charge is 0.324 e. The topological polar surface area (TPSA) is 55.1 Å². The first-order chi connectivity index (χ1) is 8.06. The minimum atomic E-state index is -0.416. The lowest BCUT2D eigenvalue weighted by Crippen LogP contribution is -2.35. The second-order valence-electron chi connectivity index (χ2n) is 4.63. The van der Waals surface area contributed by atoms with Crippen molar-refractivity contribution in [3.63, 3.8) is 0 Å². The van der Waals surface area contributed by atoms with Gasteiger partial charge in [-0.25, -0.2) is 0 Å². The van der Waals surface area contributed by atoms with E-state index in [1.807, 2.05) is 31.2 Å². The lowest BCUT2D eigenvalue weighted by molar-refractivity contribution is -0.117. The van der Waals surface area contributed by atoms with Crippen LogP contribution in [0.4, 0.5) is 5.69 Å². The Hall–Kier alpha value is -1.35. The quantitative estimate of drug-likeness (QED) is 0.823. The van der Waals surface area contributed by atoms with Crippen LogP contribution in [0.5, 0.6) is 0 Å². The molecule has 1 aromatic rings. The highest BCUT2D eigenvalue weighted by Gasteiger charge is 2.14. The average Bonchev–Trinajstić information content (AvgIpc) is 2.29. The number of para-hydroxylation sites is 1. The van der Waals surface area contributed by atoms with E-state index in [1.165, 1.54) is 0 Å². The van der Waals surface area contributed by atoms with Crippen LogP contribution in [0.15, 0.2) is 24.3 Å². The highest BCUT2D eigenvalue weighted by atomic mass is 16.2. The van der Waals surface area contributed by atoms with Gasteiger partial charge in [0.15, 0.2) is 0 Å². The van der Waals surface area contributed by atoms with Gasteiger partial charge in [-0.05, 0) is 24.0 Å². The third-order valence-corrected chi connectivity index (χ3v) is 2.78. The molecule has 0 saturated heterocycles. The van der Waals surface area contributed by atoms with E-state index in [2.05, 4.69) is 19.2 Å². The molecule has 0 aliphatic heterocycles. The van der Waals surface area contributed by atoms with Crippen LogP contribution in [0.1, 0.15) is 45.1 Å². The number of carbonyl (C=O) groups is 1. The van der Waals surface area contributed by atoms with Crippen LogP contribution in [-0.4, -0.2) is 11.9 Å². The lowest BCUT2D eigenvalue weighted by atomic mass is 10.0. The van der Waals surface area contributed by atoms with Crippen LogP contribution in [0, 0.1) is 0 Å². The van der Waals surface area contributed by atoms with Crippen molar-refractivity contribution in [1.29, 1.82) is 0 Å². The Morgan fingerprint density at radius 1 is 1.35 bits per heavy atom. The van der Waals surface area contributed by atoms with Crippen molar-refractivity contribution in [3.8, 4) is 0 Å². The van der Waals surface area contributed by atoms with Gasteiger partial charge in [0.1, 0.15) is 0 Å². The van der Waals surface area contributed by atoms with E-state index < -0.39 is 6.04 Å². The summed E-state index contributed by atoms with van der Waals surface area (Å²) in [5.41, 5.74) is 7.81. The lowest BCUT2D eigenvalue weighted by Gasteiger charge is -2.16. The molecule has 0 radical (unpaired) electrons. The maximum atomic E-state index is 11.8. The molecule has 1 rings (SSSR count). The van der Waals surface area contributed by atoms with Crippen molar-refractivity contribution in [3.05, 3.63) is 29.8 Å². The molecular formula is C14H22N2O. The van der Waals surface area contributed by atoms with Crippen molar-refractivity contribution >= 4 is 11.6 Å². The van der Waals surface area contributed by atoms with Gasteiger partial charge in [0.2, 0.25) is 5.91 Å². The maximum absolute atomic E-state index is 11.8. The molecule has 3 heteroatoms. The first-order valence-corrected chi connectivity index (χ1v) is 6.21. The number of nitrogens with one attached hydrogen (secondary N) is 1. The molecule has 0 aliphatic carbocycles. The molecule has 3 N–H and O–H groups in total. The maximum Gasteiger partial charge on any atom is 0.241 e. The van der Waals surface area contributed by atoms with Crippen LogP contribution in [-0.2, 0) is 4.79 Å². The first-order valence-electron chi connectivity index (χ1n) is 6.21. The normalized spacial score (nSPS) is 12.5. The third kappa shape index (κ3) is 3.86. The minimum Gasteiger partial charge on any atom is -0.324 e. The van der Waals surface area contributed by atoms with Crippen molar-refractivity contribution in [2.75, 3.05) is 5.32 Å². The monoisotopic (exact) mass is 234 g/mol. The van der Waals surface area contributed by atoms with Gasteiger partial charge in [0.25, 0.3) is 0 Å². The van der Waals surface area contributed by atoms with Gasteiger partial charge >= 0.3 is 0 Å². The average molecular weight is 234 g/mol. The van der Waals surface area contributed by atoms with Crippen molar-refractivity contribution in [2.45, 2.75) is 45.6 Å². The molecule has 0 aromatic heterocycles. The van der Waals surface area contributed by atoms with E-state index >= 15 is 0 Å². The Labute approximate surface area is 103 Å². The highest BCUT2D eigenvalue weighted by Crippen LogP contribution is 2.23. The van der Waals surface area contributed by atoms with Gasteiger partial charge in [-0.2, -0.15) is 0 Å². The van der Waals surface area contributed by atoms with E-state index in [0.717, 1.165) is 24.1 Å². The standard InChI is InChI=1S/C14H22N2O/c1-4-7-12(15)14(17)16-13-9-6-5-8-11(13)10(2)3/h5-6,8-10,12H,4,7,15H2,1-3H3,(H,16,17). The van der Waals surface area contributed by atoms with E-state index in [1.54, 1.807) is 0 Å². The van der Waals surface area contributed by atoms with Crippen molar-refractivity contribution in [2.24, 2.45) is 5.73 Å². The smallest absolute Gasteiger partial charge is 0.241 e. The Kier molecular flexibility index (Phi) is 5.16. The molecule has 17 heavy (non-hydrogen) atoms. The Balaban J connectivity index is 2.77. The molecule has 0 bridgehead atoms. The van der Waals surface area contributed by atoms with Gasteiger partial charge in [-0.3, -0.25) is 4.79 Å². The molecule has 0 saturated carbocycles. The van der Waals surface area contributed by atoms with Gasteiger partial charge in [-0.15, -0.1) is 0 Å². The zero-order valence-corrected chi connectivity index (χ0v) is 10.9. The number of rotatable bonds is 5. The predicted molar refractivity (Wildman–Crippen MR) is 72.0 cm³/mol. The summed E-state index contributed by atoms with van der Waals surface area (Å²) < 4.78 is 0. The SMILES string of the molecule is CCCC(N)C(=O)Nc1ccccc1C(C)C. The summed E-state index contributed by atoms with van der Waals surface area (Å²) in [5.74, 6) is 0.286. The van der Waals surface area contributed by atoms with Crippen LogP contribution in [0.3, 0.4) is 0 Å². The fourth-order valence-corrected chi connectivity index (χ4v) is 1.78. The summed E-state index contributed by atoms with van der Waals surface area (Å²) in [4.78, 5) is 11.8. The van der Waals surface area contributed by atoms with E-state index in [0.29, 0.717) is 5.92 Å². The predicted octanol–water partition coefficient (Wildman–Crippen LogP) is 2.88. The Morgan fingerprint density at radius 2 is 2.00 bits per heavy atom. The molecule has 0 heterocycles. The van der Waals surface area contributed by atoms with Crippen LogP contribution < -0.4 is 11.1 Å². The molecule has 0 aliphatic rings. The number of carbonyl (C=O) groups excluding carboxylic acids is 1. The Bertz CT molecular complexity index is 374. The second-order valence-corrected chi connectivity index (χ2v) is 4.63. The third-order valence-electron chi connectivity index (χ3n) is 2.78. The molecular weight excluding hydrogens is 212 g/mol. The molecule has 1 aromatic carbocycles. The zero-order valence-electron chi connectivity index (χ0n) is 10.9. The van der Waals surface area contributed by atoms with Gasteiger partial charge in [0.05, 0.1) is 6.04 Å². The number of hydrogen-bond acceptors (Lipinski definition) is 2. The molecule has 1 atom stereocenters. The summed E-state index contributed by atoms with van der Waals surface area (Å²) in [6.45, 7) is 6.24. The number of anilines is 1. The first kappa shape index (κ1) is 13.7. The fourth-order valence-electron chi connectivity index (χ4n) is 1.78. The molecule has 94 valence electrons. The van der Waals surface area contributed by atoms with Crippen molar-refractivity contribution in [1.82, 2.24) is 0 Å². The molecule has 1 unspecified atom stereocenters. The van der Waals surface area contributed by atoms with Crippen LogP contribution >= 0.6 is 0 Å². The summed E-state index contributed by atoms with van der Waals surface area (Å²) >= 11 is 0. The zero-order chi connectivity index (χ0) is 12.8. The van der Waals surface area contributed by atoms with Crippen LogP contribution in [0.25, 0.3) is 0 Å². The molecule has 1 amide bonds. The fraction of sp³-hybridized carbons (Fsp3) is 0.500. The molecule has 3 nitrogen and oxygen atoms in total. The number of amides is 1. The van der Waals surface area contributed by atoms with Crippen molar-refractivity contribution < 1.29 is 4.79 Å². The number of hydrogen-bond donors (Lipinski definition) is 2. The van der Waals surface area contributed by atoms with Gasteiger partial charge < -0.3 is 11.1 Å². The van der Waals surface area contributed by atoms with Gasteiger partial charge in [0, 0.05) is 5.69 Å². The second kappa shape index (κ2) is 6.40. The Morgan fingerprint density at radius 3 is 2.59 bits per heavy atom. The molecule has 0 spiro atoms. The highest BCUT2D eigenvalue weighted by molar-refractivity contribution is 5.95. The summed E-state index contributed by atoms with van der Waals surface area (Å²) in [6, 6.07) is 7.45. The molecule has 0 fully saturated rings. The van der Waals surface area contributed by atoms with E-state index in [9.17, 15) is 4.79 Å². The summed E-state index contributed by atoms with van der Waals surface area (Å²) in [7, 11) is 0.